The highest BCUT2D eigenvalue weighted by molar-refractivity contribution is 5.95. The van der Waals surface area contributed by atoms with E-state index in [9.17, 15) is 9.59 Å². The SMILES string of the molecule is CC(=O)N1CCN(C(=O)c2cncc(N3CCOCC3)c2)CC1. The Bertz CT molecular complexity index is 578. The molecule has 2 aliphatic heterocycles. The predicted octanol–water partition coefficient (Wildman–Crippen LogP) is 0.223. The lowest BCUT2D eigenvalue weighted by Crippen LogP contribution is -2.50. The summed E-state index contributed by atoms with van der Waals surface area (Å²) in [4.78, 5) is 34.0. The van der Waals surface area contributed by atoms with Crippen molar-refractivity contribution in [3.05, 3.63) is 24.0 Å². The highest BCUT2D eigenvalue weighted by Gasteiger charge is 2.24. The van der Waals surface area contributed by atoms with Crippen LogP contribution in [0.5, 0.6) is 0 Å². The maximum Gasteiger partial charge on any atom is 0.255 e. The van der Waals surface area contributed by atoms with E-state index in [-0.39, 0.29) is 11.8 Å². The van der Waals surface area contributed by atoms with Crippen LogP contribution < -0.4 is 4.90 Å². The van der Waals surface area contributed by atoms with Gasteiger partial charge in [0.05, 0.1) is 30.7 Å². The monoisotopic (exact) mass is 318 g/mol. The first-order chi connectivity index (χ1) is 11.1. The van der Waals surface area contributed by atoms with Gasteiger partial charge in [0.1, 0.15) is 0 Å². The van der Waals surface area contributed by atoms with Crippen molar-refractivity contribution < 1.29 is 14.3 Å². The molecule has 1 aromatic rings. The normalized spacial score (nSPS) is 18.9. The first-order valence-electron chi connectivity index (χ1n) is 7.97. The Balaban J connectivity index is 1.67. The van der Waals surface area contributed by atoms with Gasteiger partial charge in [-0.15, -0.1) is 0 Å². The molecule has 2 fully saturated rings. The summed E-state index contributed by atoms with van der Waals surface area (Å²) >= 11 is 0. The first-order valence-corrected chi connectivity index (χ1v) is 7.97. The van der Waals surface area contributed by atoms with Crippen molar-refractivity contribution in [2.75, 3.05) is 57.4 Å². The number of hydrogen-bond acceptors (Lipinski definition) is 5. The summed E-state index contributed by atoms with van der Waals surface area (Å²) in [5, 5.41) is 0. The van der Waals surface area contributed by atoms with Crippen LogP contribution in [0.3, 0.4) is 0 Å². The summed E-state index contributed by atoms with van der Waals surface area (Å²) in [6.45, 7) is 6.92. The number of amides is 2. The second-order valence-corrected chi connectivity index (χ2v) is 5.83. The third-order valence-electron chi connectivity index (χ3n) is 4.36. The minimum Gasteiger partial charge on any atom is -0.378 e. The van der Waals surface area contributed by atoms with Gasteiger partial charge >= 0.3 is 0 Å². The Labute approximate surface area is 135 Å². The van der Waals surface area contributed by atoms with Crippen molar-refractivity contribution in [3.63, 3.8) is 0 Å². The highest BCUT2D eigenvalue weighted by Crippen LogP contribution is 2.17. The molecule has 2 saturated heterocycles. The van der Waals surface area contributed by atoms with Gasteiger partial charge in [-0.25, -0.2) is 0 Å². The molecule has 0 radical (unpaired) electrons. The fourth-order valence-corrected chi connectivity index (χ4v) is 2.95. The molecule has 0 aliphatic carbocycles. The average molecular weight is 318 g/mol. The lowest BCUT2D eigenvalue weighted by atomic mass is 10.2. The molecule has 0 aromatic carbocycles. The zero-order valence-corrected chi connectivity index (χ0v) is 13.4. The number of morpholine rings is 1. The summed E-state index contributed by atoms with van der Waals surface area (Å²) in [6.07, 6.45) is 3.40. The fraction of sp³-hybridized carbons (Fsp3) is 0.562. The summed E-state index contributed by atoms with van der Waals surface area (Å²) in [5.41, 5.74) is 1.56. The van der Waals surface area contributed by atoms with Gasteiger partial charge in [0.15, 0.2) is 0 Å². The van der Waals surface area contributed by atoms with Crippen molar-refractivity contribution in [2.45, 2.75) is 6.92 Å². The summed E-state index contributed by atoms with van der Waals surface area (Å²) in [6, 6.07) is 1.90. The molecule has 0 saturated carbocycles. The molecular weight excluding hydrogens is 296 g/mol. The van der Waals surface area contributed by atoms with E-state index in [2.05, 4.69) is 9.88 Å². The third-order valence-corrected chi connectivity index (χ3v) is 4.36. The fourth-order valence-electron chi connectivity index (χ4n) is 2.95. The van der Waals surface area contributed by atoms with Crippen LogP contribution in [-0.4, -0.2) is 79.1 Å². The molecule has 0 spiro atoms. The number of nitrogens with zero attached hydrogens (tertiary/aromatic N) is 4. The van der Waals surface area contributed by atoms with Crippen LogP contribution in [-0.2, 0) is 9.53 Å². The molecule has 7 nitrogen and oxygen atoms in total. The number of carbonyl (C=O) groups excluding carboxylic acids is 2. The van der Waals surface area contributed by atoms with Crippen molar-refractivity contribution in [1.82, 2.24) is 14.8 Å². The molecule has 2 aliphatic rings. The zero-order chi connectivity index (χ0) is 16.2. The van der Waals surface area contributed by atoms with E-state index in [1.807, 2.05) is 6.07 Å². The molecule has 2 amide bonds. The van der Waals surface area contributed by atoms with Crippen LogP contribution in [0.1, 0.15) is 17.3 Å². The lowest BCUT2D eigenvalue weighted by molar-refractivity contribution is -0.130. The van der Waals surface area contributed by atoms with Crippen LogP contribution >= 0.6 is 0 Å². The standard InChI is InChI=1S/C16H22N4O3/c1-13(21)18-2-4-20(5-3-18)16(22)14-10-15(12-17-11-14)19-6-8-23-9-7-19/h10-12H,2-9H2,1H3. The molecule has 7 heteroatoms. The summed E-state index contributed by atoms with van der Waals surface area (Å²) < 4.78 is 5.35. The van der Waals surface area contributed by atoms with E-state index in [0.29, 0.717) is 45.0 Å². The molecular formula is C16H22N4O3. The van der Waals surface area contributed by atoms with Crippen LogP contribution in [0.15, 0.2) is 18.5 Å². The topological polar surface area (TPSA) is 66.0 Å². The first kappa shape index (κ1) is 15.7. The Morgan fingerprint density at radius 2 is 1.65 bits per heavy atom. The summed E-state index contributed by atoms with van der Waals surface area (Å²) in [5.74, 6) is 0.0453. The predicted molar refractivity (Wildman–Crippen MR) is 85.4 cm³/mol. The molecule has 3 heterocycles. The molecule has 0 unspecified atom stereocenters. The zero-order valence-electron chi connectivity index (χ0n) is 13.4. The maximum absolute atomic E-state index is 12.7. The molecule has 3 rings (SSSR count). The second kappa shape index (κ2) is 6.95. The molecule has 0 bridgehead atoms. The Kier molecular flexibility index (Phi) is 4.76. The van der Waals surface area contributed by atoms with Gasteiger partial charge in [0.2, 0.25) is 5.91 Å². The lowest BCUT2D eigenvalue weighted by Gasteiger charge is -2.34. The van der Waals surface area contributed by atoms with Crippen LogP contribution in [0, 0.1) is 0 Å². The average Bonchev–Trinajstić information content (AvgIpc) is 2.62. The van der Waals surface area contributed by atoms with Gasteiger partial charge in [0.25, 0.3) is 5.91 Å². The van der Waals surface area contributed by atoms with Gasteiger partial charge < -0.3 is 19.4 Å². The molecule has 124 valence electrons. The van der Waals surface area contributed by atoms with E-state index in [1.165, 1.54) is 0 Å². The molecule has 1 aromatic heterocycles. The van der Waals surface area contributed by atoms with E-state index < -0.39 is 0 Å². The smallest absolute Gasteiger partial charge is 0.255 e. The van der Waals surface area contributed by atoms with E-state index in [0.717, 1.165) is 18.8 Å². The van der Waals surface area contributed by atoms with Gasteiger partial charge in [-0.2, -0.15) is 0 Å². The van der Waals surface area contributed by atoms with Crippen LogP contribution in [0.25, 0.3) is 0 Å². The van der Waals surface area contributed by atoms with Gasteiger partial charge in [-0.1, -0.05) is 0 Å². The highest BCUT2D eigenvalue weighted by atomic mass is 16.5. The Hall–Kier alpha value is -2.15. The van der Waals surface area contributed by atoms with E-state index in [4.69, 9.17) is 4.74 Å². The Morgan fingerprint density at radius 3 is 2.30 bits per heavy atom. The summed E-state index contributed by atoms with van der Waals surface area (Å²) in [7, 11) is 0. The number of carbonyl (C=O) groups is 2. The van der Waals surface area contributed by atoms with Crippen molar-refractivity contribution in [1.29, 1.82) is 0 Å². The number of rotatable bonds is 2. The minimum absolute atomic E-state index is 0.0178. The largest absolute Gasteiger partial charge is 0.378 e. The molecule has 0 N–H and O–H groups in total. The second-order valence-electron chi connectivity index (χ2n) is 5.83. The van der Waals surface area contributed by atoms with Gasteiger partial charge in [-0.3, -0.25) is 14.6 Å². The number of ether oxygens (including phenoxy) is 1. The van der Waals surface area contributed by atoms with Crippen molar-refractivity contribution in [3.8, 4) is 0 Å². The minimum atomic E-state index is -0.0178. The number of anilines is 1. The van der Waals surface area contributed by atoms with Crippen molar-refractivity contribution >= 4 is 17.5 Å². The Morgan fingerprint density at radius 1 is 1.00 bits per heavy atom. The number of pyridine rings is 1. The van der Waals surface area contributed by atoms with E-state index >= 15 is 0 Å². The van der Waals surface area contributed by atoms with Crippen molar-refractivity contribution in [2.24, 2.45) is 0 Å². The number of hydrogen-bond donors (Lipinski definition) is 0. The van der Waals surface area contributed by atoms with Gasteiger partial charge in [0, 0.05) is 52.4 Å². The van der Waals surface area contributed by atoms with E-state index in [1.54, 1.807) is 29.1 Å². The number of piperazine rings is 1. The van der Waals surface area contributed by atoms with Gasteiger partial charge in [-0.05, 0) is 6.07 Å². The third kappa shape index (κ3) is 3.61. The van der Waals surface area contributed by atoms with Crippen LogP contribution in [0.4, 0.5) is 5.69 Å². The molecule has 23 heavy (non-hydrogen) atoms. The molecule has 0 atom stereocenters. The van der Waals surface area contributed by atoms with Crippen LogP contribution in [0.2, 0.25) is 0 Å². The maximum atomic E-state index is 12.7. The quantitative estimate of drug-likeness (QED) is 0.780. The number of aromatic nitrogens is 1.